The van der Waals surface area contributed by atoms with E-state index in [2.05, 4.69) is 118 Å². The van der Waals surface area contributed by atoms with Crippen molar-refractivity contribution in [3.8, 4) is 0 Å². The molecule has 0 saturated carbocycles. The maximum atomic E-state index is 12.9. The Bertz CT molecular complexity index is 1510. The smallest absolute Gasteiger partial charge is 0.306 e. The van der Waals surface area contributed by atoms with Crippen molar-refractivity contribution in [1.82, 2.24) is 0 Å². The Labute approximate surface area is 477 Å². The molecule has 0 spiro atoms. The largest absolute Gasteiger partial charge is 0.462 e. The molecule has 6 heteroatoms. The highest BCUT2D eigenvalue weighted by molar-refractivity contribution is 5.71. The lowest BCUT2D eigenvalue weighted by Gasteiger charge is -2.18. The number of ether oxygens (including phenoxy) is 3. The van der Waals surface area contributed by atoms with Gasteiger partial charge in [-0.25, -0.2) is 0 Å². The van der Waals surface area contributed by atoms with Gasteiger partial charge in [0, 0.05) is 19.3 Å². The second-order valence-corrected chi connectivity index (χ2v) is 21.6. The fraction of sp³-hybridized carbons (Fsp3) is 0.732. The number of carbonyl (C=O) groups excluding carboxylic acids is 3. The fourth-order valence-corrected chi connectivity index (χ4v) is 9.18. The van der Waals surface area contributed by atoms with Crippen LogP contribution in [-0.4, -0.2) is 37.2 Å². The molecular weight excluding hydrogens is 949 g/mol. The lowest BCUT2D eigenvalue weighted by Crippen LogP contribution is -2.30. The fourth-order valence-electron chi connectivity index (χ4n) is 9.18. The van der Waals surface area contributed by atoms with E-state index in [1.807, 2.05) is 0 Å². The Morgan fingerprint density at radius 2 is 0.506 bits per heavy atom. The number of allylic oxidation sites excluding steroid dienone is 16. The van der Waals surface area contributed by atoms with E-state index >= 15 is 0 Å². The molecular formula is C71H122O6. The van der Waals surface area contributed by atoms with E-state index in [9.17, 15) is 14.4 Å². The molecule has 0 aromatic heterocycles. The molecule has 1 unspecified atom stereocenters. The number of esters is 3. The second kappa shape index (κ2) is 64.9. The van der Waals surface area contributed by atoms with E-state index in [1.54, 1.807) is 0 Å². The molecule has 0 aliphatic carbocycles. The number of carbonyl (C=O) groups is 3. The number of rotatable bonds is 59. The van der Waals surface area contributed by atoms with E-state index < -0.39 is 6.10 Å². The van der Waals surface area contributed by atoms with Crippen LogP contribution in [0.5, 0.6) is 0 Å². The highest BCUT2D eigenvalue weighted by Crippen LogP contribution is 2.16. The Morgan fingerprint density at radius 3 is 0.805 bits per heavy atom. The summed E-state index contributed by atoms with van der Waals surface area (Å²) < 4.78 is 16.9. The van der Waals surface area contributed by atoms with Crippen LogP contribution in [0.4, 0.5) is 0 Å². The third-order valence-corrected chi connectivity index (χ3v) is 14.1. The lowest BCUT2D eigenvalue weighted by molar-refractivity contribution is -0.167. The van der Waals surface area contributed by atoms with Gasteiger partial charge in [0.2, 0.25) is 0 Å². The third kappa shape index (κ3) is 63.0. The molecule has 77 heavy (non-hydrogen) atoms. The molecule has 6 nitrogen and oxygen atoms in total. The summed E-state index contributed by atoms with van der Waals surface area (Å²) >= 11 is 0. The SMILES string of the molecule is CC/C=C\C/C=C\C/C=C\C/C=C\C/C=C\C/C=C\C/C=C\CCCCCCCCCCCCCC(=O)OCC(COC(=O)CCCCCCCCCCCCC)OC(=O)CCCCCCC/C=C\CCCCCCCC. The molecule has 0 saturated heterocycles. The van der Waals surface area contributed by atoms with Gasteiger partial charge in [0.25, 0.3) is 0 Å². The van der Waals surface area contributed by atoms with Crippen molar-refractivity contribution in [2.75, 3.05) is 13.2 Å². The topological polar surface area (TPSA) is 78.9 Å². The van der Waals surface area contributed by atoms with Crippen molar-refractivity contribution in [3.63, 3.8) is 0 Å². The van der Waals surface area contributed by atoms with Gasteiger partial charge in [0.05, 0.1) is 0 Å². The van der Waals surface area contributed by atoms with Crippen molar-refractivity contribution in [2.24, 2.45) is 0 Å². The minimum absolute atomic E-state index is 0.0775. The summed E-state index contributed by atoms with van der Waals surface area (Å²) in [6.45, 7) is 6.53. The summed E-state index contributed by atoms with van der Waals surface area (Å²) in [4.78, 5) is 38.2. The van der Waals surface area contributed by atoms with Gasteiger partial charge < -0.3 is 14.2 Å². The number of hydrogen-bond donors (Lipinski definition) is 0. The minimum Gasteiger partial charge on any atom is -0.462 e. The molecule has 0 N–H and O–H groups in total. The maximum absolute atomic E-state index is 12.9. The van der Waals surface area contributed by atoms with Gasteiger partial charge >= 0.3 is 17.9 Å². The van der Waals surface area contributed by atoms with Gasteiger partial charge in [0.15, 0.2) is 6.10 Å². The summed E-state index contributed by atoms with van der Waals surface area (Å²) in [5.74, 6) is -0.879. The summed E-state index contributed by atoms with van der Waals surface area (Å²) in [6.07, 6.45) is 87.1. The van der Waals surface area contributed by atoms with Crippen molar-refractivity contribution in [3.05, 3.63) is 97.2 Å². The van der Waals surface area contributed by atoms with E-state index in [0.29, 0.717) is 19.3 Å². The zero-order valence-electron chi connectivity index (χ0n) is 50.7. The molecule has 0 aromatic carbocycles. The standard InChI is InChI=1S/C71H122O6/c1-4-7-10-13-16-19-22-24-26-27-28-29-30-31-32-33-34-35-36-37-38-39-40-41-42-43-45-46-49-52-55-58-61-64-70(73)76-67-68(66-75-69(72)63-60-57-54-51-48-21-18-15-12-9-6-3)77-71(74)65-62-59-56-53-50-47-44-25-23-20-17-14-11-8-5-2/h7,10,16,19,24-26,28-29,31-32,34-35,37-38,44,68H,4-6,8-9,11-15,17-18,20-23,27,30,33,36,39-43,45-67H2,1-3H3/b10-7-,19-16-,26-24-,29-28-,32-31-,35-34-,38-37-,44-25-. The van der Waals surface area contributed by atoms with E-state index in [4.69, 9.17) is 14.2 Å². The first-order chi connectivity index (χ1) is 38.0. The second-order valence-electron chi connectivity index (χ2n) is 21.6. The summed E-state index contributed by atoms with van der Waals surface area (Å²) in [5, 5.41) is 0. The molecule has 0 bridgehead atoms. The van der Waals surface area contributed by atoms with Gasteiger partial charge in [-0.2, -0.15) is 0 Å². The number of unbranched alkanes of at least 4 members (excludes halogenated alkanes) is 32. The Kier molecular flexibility index (Phi) is 61.8. The van der Waals surface area contributed by atoms with Crippen LogP contribution in [0.2, 0.25) is 0 Å². The molecule has 0 fully saturated rings. The predicted octanol–water partition coefficient (Wildman–Crippen LogP) is 22.4. The van der Waals surface area contributed by atoms with Crippen molar-refractivity contribution >= 4 is 17.9 Å². The van der Waals surface area contributed by atoms with Crippen molar-refractivity contribution < 1.29 is 28.6 Å². The van der Waals surface area contributed by atoms with Crippen molar-refractivity contribution in [2.45, 2.75) is 322 Å². The molecule has 0 amide bonds. The molecule has 0 aliphatic heterocycles. The van der Waals surface area contributed by atoms with Crippen LogP contribution in [0.25, 0.3) is 0 Å². The highest BCUT2D eigenvalue weighted by atomic mass is 16.6. The summed E-state index contributed by atoms with van der Waals surface area (Å²) in [7, 11) is 0. The zero-order chi connectivity index (χ0) is 55.7. The normalized spacial score (nSPS) is 12.7. The maximum Gasteiger partial charge on any atom is 0.306 e. The van der Waals surface area contributed by atoms with E-state index in [1.165, 1.54) is 161 Å². The zero-order valence-corrected chi connectivity index (χ0v) is 50.7. The average molecular weight is 1070 g/mol. The third-order valence-electron chi connectivity index (χ3n) is 14.1. The highest BCUT2D eigenvalue weighted by Gasteiger charge is 2.19. The molecule has 442 valence electrons. The van der Waals surface area contributed by atoms with Gasteiger partial charge in [-0.05, 0) is 103 Å². The molecule has 0 aromatic rings. The lowest BCUT2D eigenvalue weighted by atomic mass is 10.0. The Morgan fingerprint density at radius 1 is 0.273 bits per heavy atom. The van der Waals surface area contributed by atoms with Crippen LogP contribution < -0.4 is 0 Å². The van der Waals surface area contributed by atoms with Crippen LogP contribution in [0.3, 0.4) is 0 Å². The first kappa shape index (κ1) is 73.3. The predicted molar refractivity (Wildman–Crippen MR) is 334 cm³/mol. The van der Waals surface area contributed by atoms with Crippen molar-refractivity contribution in [1.29, 1.82) is 0 Å². The first-order valence-corrected chi connectivity index (χ1v) is 32.7. The van der Waals surface area contributed by atoms with E-state index in [-0.39, 0.29) is 31.1 Å². The average Bonchev–Trinajstić information content (AvgIpc) is 3.43. The molecule has 0 radical (unpaired) electrons. The van der Waals surface area contributed by atoms with Crippen LogP contribution in [-0.2, 0) is 28.6 Å². The molecule has 0 heterocycles. The van der Waals surface area contributed by atoms with Gasteiger partial charge in [0.1, 0.15) is 13.2 Å². The van der Waals surface area contributed by atoms with Gasteiger partial charge in [-0.3, -0.25) is 14.4 Å². The molecule has 1 atom stereocenters. The summed E-state index contributed by atoms with van der Waals surface area (Å²) in [5.41, 5.74) is 0. The monoisotopic (exact) mass is 1070 g/mol. The minimum atomic E-state index is -0.780. The van der Waals surface area contributed by atoms with E-state index in [0.717, 1.165) is 116 Å². The quantitative estimate of drug-likeness (QED) is 0.0261. The Hall–Kier alpha value is -3.67. The van der Waals surface area contributed by atoms with Crippen LogP contribution in [0.15, 0.2) is 97.2 Å². The van der Waals surface area contributed by atoms with Crippen LogP contribution in [0.1, 0.15) is 316 Å². The van der Waals surface area contributed by atoms with Crippen LogP contribution >= 0.6 is 0 Å². The van der Waals surface area contributed by atoms with Gasteiger partial charge in [-0.15, -0.1) is 0 Å². The summed E-state index contributed by atoms with van der Waals surface area (Å²) in [6, 6.07) is 0. The molecule has 0 aliphatic rings. The molecule has 0 rings (SSSR count). The first-order valence-electron chi connectivity index (χ1n) is 32.7. The number of hydrogen-bond acceptors (Lipinski definition) is 6. The van der Waals surface area contributed by atoms with Gasteiger partial charge in [-0.1, -0.05) is 291 Å². The van der Waals surface area contributed by atoms with Crippen LogP contribution in [0, 0.1) is 0 Å². The Balaban J connectivity index is 4.18.